The van der Waals surface area contributed by atoms with Crippen molar-refractivity contribution in [3.05, 3.63) is 133 Å². The molecule has 14 nitrogen and oxygen atoms in total. The van der Waals surface area contributed by atoms with Gasteiger partial charge in [-0.05, 0) is 98.5 Å². The first-order valence-electron chi connectivity index (χ1n) is 16.9. The molecule has 3 aromatic rings. The summed E-state index contributed by atoms with van der Waals surface area (Å²) in [5, 5.41) is 0. The van der Waals surface area contributed by atoms with E-state index in [0.717, 1.165) is 24.3 Å². The summed E-state index contributed by atoms with van der Waals surface area (Å²) in [4.78, 5) is 72.7. The molecule has 3 rings (SSSR count). The van der Waals surface area contributed by atoms with E-state index in [4.69, 9.17) is 37.9 Å². The van der Waals surface area contributed by atoms with E-state index >= 15 is 0 Å². The Morgan fingerprint density at radius 2 is 1.02 bits per heavy atom. The van der Waals surface area contributed by atoms with Crippen LogP contribution in [0.2, 0.25) is 0 Å². The normalized spacial score (nSPS) is 11.4. The molecule has 0 N–H and O–H groups in total. The van der Waals surface area contributed by atoms with Gasteiger partial charge >= 0.3 is 35.8 Å². The molecule has 0 heterocycles. The van der Waals surface area contributed by atoms with Crippen molar-refractivity contribution in [3.63, 3.8) is 0 Å². The largest absolute Gasteiger partial charge is 0.489 e. The zero-order valence-electron chi connectivity index (χ0n) is 31.5. The highest BCUT2D eigenvalue weighted by Crippen LogP contribution is 2.29. The Bertz CT molecular complexity index is 2010. The van der Waals surface area contributed by atoms with Crippen LogP contribution >= 0.6 is 0 Å². The molecule has 0 aliphatic rings. The van der Waals surface area contributed by atoms with E-state index in [2.05, 4.69) is 26.3 Å². The van der Waals surface area contributed by atoms with E-state index in [9.17, 15) is 28.8 Å². The first-order valence-corrected chi connectivity index (χ1v) is 16.9. The van der Waals surface area contributed by atoms with Crippen LogP contribution in [0.4, 0.5) is 0 Å². The van der Waals surface area contributed by atoms with Crippen molar-refractivity contribution >= 4 is 35.8 Å². The van der Waals surface area contributed by atoms with Crippen LogP contribution in [0, 0.1) is 27.7 Å². The van der Waals surface area contributed by atoms with Gasteiger partial charge in [-0.2, -0.15) is 0 Å². The van der Waals surface area contributed by atoms with Crippen LogP contribution in [0.25, 0.3) is 0 Å². The number of carbonyl (C=O) groups excluding carboxylic acids is 6. The molecule has 3 aromatic carbocycles. The first kappa shape index (κ1) is 43.4. The van der Waals surface area contributed by atoms with Crippen molar-refractivity contribution in [1.82, 2.24) is 0 Å². The standard InChI is InChI=1S/C42H42O14/c1-9-37(43)51-23-31(53-39(45)11-3)21-49-34-16-13-29(19-25(34)5)41(47)56-36-18-15-33(27(7)28(36)8)42(48)55-30-14-17-35(26(6)20-30)50-22-32(54-40(46)12-4)24-52-38(44)10-2/h9-20,31-32H,1-4,21-24H2,5-8H3. The molecular weight excluding hydrogens is 728 g/mol. The Balaban J connectivity index is 1.64. The Morgan fingerprint density at radius 3 is 1.50 bits per heavy atom. The maximum Gasteiger partial charge on any atom is 0.343 e. The molecule has 2 atom stereocenters. The van der Waals surface area contributed by atoms with Crippen molar-refractivity contribution in [1.29, 1.82) is 0 Å². The van der Waals surface area contributed by atoms with Crippen LogP contribution in [0.5, 0.6) is 23.0 Å². The van der Waals surface area contributed by atoms with Gasteiger partial charge in [-0.25, -0.2) is 28.8 Å². The molecule has 0 fully saturated rings. The third kappa shape index (κ3) is 12.9. The van der Waals surface area contributed by atoms with Gasteiger partial charge < -0.3 is 37.9 Å². The molecule has 0 bridgehead atoms. The molecule has 294 valence electrons. The van der Waals surface area contributed by atoms with Crippen LogP contribution in [-0.2, 0) is 38.1 Å². The molecule has 0 saturated carbocycles. The molecule has 14 heteroatoms. The van der Waals surface area contributed by atoms with Gasteiger partial charge in [0.05, 0.1) is 11.1 Å². The summed E-state index contributed by atoms with van der Waals surface area (Å²) in [5.74, 6) is -2.89. The number of esters is 6. The average molecular weight is 771 g/mol. The van der Waals surface area contributed by atoms with Gasteiger partial charge in [0, 0.05) is 24.3 Å². The molecule has 56 heavy (non-hydrogen) atoms. The second-order valence-electron chi connectivity index (χ2n) is 11.9. The fourth-order valence-electron chi connectivity index (χ4n) is 4.72. The van der Waals surface area contributed by atoms with Gasteiger partial charge in [-0.3, -0.25) is 0 Å². The average Bonchev–Trinajstić information content (AvgIpc) is 3.18. The predicted octanol–water partition coefficient (Wildman–Crippen LogP) is 5.77. The van der Waals surface area contributed by atoms with Crippen LogP contribution < -0.4 is 18.9 Å². The molecule has 0 aromatic heterocycles. The van der Waals surface area contributed by atoms with E-state index in [1.54, 1.807) is 52.0 Å². The minimum Gasteiger partial charge on any atom is -0.489 e. The van der Waals surface area contributed by atoms with Crippen molar-refractivity contribution in [2.24, 2.45) is 0 Å². The summed E-state index contributed by atoms with van der Waals surface area (Å²) in [5.41, 5.74) is 2.70. The number of benzene rings is 3. The third-order valence-electron chi connectivity index (χ3n) is 7.83. The number of hydrogen-bond donors (Lipinski definition) is 0. The van der Waals surface area contributed by atoms with Crippen LogP contribution in [-0.4, -0.2) is 74.5 Å². The quantitative estimate of drug-likeness (QED) is 0.0586. The van der Waals surface area contributed by atoms with Gasteiger partial charge in [0.2, 0.25) is 0 Å². The second-order valence-corrected chi connectivity index (χ2v) is 11.9. The number of aryl methyl sites for hydroxylation is 2. The highest BCUT2D eigenvalue weighted by molar-refractivity contribution is 5.94. The van der Waals surface area contributed by atoms with Gasteiger partial charge in [0.1, 0.15) is 49.4 Å². The molecular formula is C42H42O14. The Labute approximate surface area is 323 Å². The monoisotopic (exact) mass is 770 g/mol. The van der Waals surface area contributed by atoms with Crippen LogP contribution in [0.1, 0.15) is 43.0 Å². The van der Waals surface area contributed by atoms with Gasteiger partial charge in [-0.1, -0.05) is 26.3 Å². The molecule has 0 saturated heterocycles. The molecule has 0 spiro atoms. The lowest BCUT2D eigenvalue weighted by Gasteiger charge is -2.19. The maximum absolute atomic E-state index is 13.2. The maximum atomic E-state index is 13.2. The fraction of sp³-hybridized carbons (Fsp3) is 0.238. The zero-order valence-corrected chi connectivity index (χ0v) is 31.5. The Morgan fingerprint density at radius 1 is 0.536 bits per heavy atom. The summed E-state index contributed by atoms with van der Waals surface area (Å²) < 4.78 is 43.2. The number of ether oxygens (including phenoxy) is 8. The zero-order chi connectivity index (χ0) is 41.4. The van der Waals surface area contributed by atoms with E-state index in [1.807, 2.05) is 0 Å². The summed E-state index contributed by atoms with van der Waals surface area (Å²) in [6.45, 7) is 19.3. The van der Waals surface area contributed by atoms with Crippen LogP contribution in [0.3, 0.4) is 0 Å². The first-order chi connectivity index (χ1) is 26.7. The lowest BCUT2D eigenvalue weighted by molar-refractivity contribution is -0.154. The van der Waals surface area contributed by atoms with Crippen LogP contribution in [0.15, 0.2) is 99.2 Å². The molecule has 2 unspecified atom stereocenters. The highest BCUT2D eigenvalue weighted by atomic mass is 16.6. The number of hydrogen-bond acceptors (Lipinski definition) is 14. The minimum absolute atomic E-state index is 0.145. The SMILES string of the molecule is C=CC(=O)OCC(COc1ccc(OC(=O)c2ccc(OC(=O)c3ccc(OCC(COC(=O)C=C)OC(=O)C=C)c(C)c3)c(C)c2C)cc1C)OC(=O)C=C. The summed E-state index contributed by atoms with van der Waals surface area (Å²) in [7, 11) is 0. The Hall–Kier alpha value is -6.96. The highest BCUT2D eigenvalue weighted by Gasteiger charge is 2.21. The smallest absolute Gasteiger partial charge is 0.343 e. The van der Waals surface area contributed by atoms with E-state index in [1.165, 1.54) is 24.3 Å². The van der Waals surface area contributed by atoms with Crippen molar-refractivity contribution < 1.29 is 66.7 Å². The summed E-state index contributed by atoms with van der Waals surface area (Å²) >= 11 is 0. The number of carbonyl (C=O) groups is 6. The lowest BCUT2D eigenvalue weighted by atomic mass is 10.0. The summed E-state index contributed by atoms with van der Waals surface area (Å²) in [6, 6.07) is 12.3. The van der Waals surface area contributed by atoms with Crippen molar-refractivity contribution in [2.75, 3.05) is 26.4 Å². The van der Waals surface area contributed by atoms with Gasteiger partial charge in [0.25, 0.3) is 0 Å². The molecule has 0 radical (unpaired) electrons. The minimum atomic E-state index is -0.935. The molecule has 0 aliphatic carbocycles. The van der Waals surface area contributed by atoms with Crippen molar-refractivity contribution in [3.8, 4) is 23.0 Å². The number of rotatable bonds is 20. The van der Waals surface area contributed by atoms with Crippen molar-refractivity contribution in [2.45, 2.75) is 39.9 Å². The predicted molar refractivity (Wildman–Crippen MR) is 202 cm³/mol. The lowest BCUT2D eigenvalue weighted by Crippen LogP contribution is -2.30. The van der Waals surface area contributed by atoms with Gasteiger partial charge in [0.15, 0.2) is 12.2 Å². The van der Waals surface area contributed by atoms with E-state index in [0.29, 0.717) is 33.8 Å². The third-order valence-corrected chi connectivity index (χ3v) is 7.83. The molecule has 0 amide bonds. The Kier molecular flexibility index (Phi) is 16.3. The fourth-order valence-corrected chi connectivity index (χ4v) is 4.72. The second kappa shape index (κ2) is 21.1. The van der Waals surface area contributed by atoms with Gasteiger partial charge in [-0.15, -0.1) is 0 Å². The van der Waals surface area contributed by atoms with E-state index in [-0.39, 0.29) is 49.1 Å². The summed E-state index contributed by atoms with van der Waals surface area (Å²) in [6.07, 6.45) is 2.04. The topological polar surface area (TPSA) is 176 Å². The molecule has 0 aliphatic heterocycles. The van der Waals surface area contributed by atoms with E-state index < -0.39 is 48.0 Å².